The van der Waals surface area contributed by atoms with E-state index < -0.39 is 14.4 Å². The number of rotatable bonds is 8. The first-order valence-electron chi connectivity index (χ1n) is 6.53. The Morgan fingerprint density at radius 3 is 2.68 bits per heavy atom. The topological polar surface area (TPSA) is 41.3 Å². The van der Waals surface area contributed by atoms with Crippen LogP contribution < -0.4 is 0 Å². The molecule has 0 aromatic carbocycles. The molecular weight excluding hydrogens is 264 g/mol. The van der Waals surface area contributed by atoms with Crippen LogP contribution in [0.4, 0.5) is 0 Å². The summed E-state index contributed by atoms with van der Waals surface area (Å²) in [6.45, 7) is 13.8. The summed E-state index contributed by atoms with van der Waals surface area (Å²) in [5.41, 5.74) is 0. The van der Waals surface area contributed by atoms with Crippen molar-refractivity contribution in [3.05, 3.63) is 11.4 Å². The average Bonchev–Trinajstić information content (AvgIpc) is 2.68. The van der Waals surface area contributed by atoms with Crippen LogP contribution in [0.25, 0.3) is 4.85 Å². The molecule has 5 nitrogen and oxygen atoms in total. The van der Waals surface area contributed by atoms with Crippen molar-refractivity contribution in [2.45, 2.75) is 44.6 Å². The van der Waals surface area contributed by atoms with Crippen LogP contribution in [0, 0.1) is 6.57 Å². The zero-order chi connectivity index (χ0) is 14.3. The van der Waals surface area contributed by atoms with Gasteiger partial charge in [-0.05, 0) is 13.3 Å². The van der Waals surface area contributed by atoms with Gasteiger partial charge >= 0.3 is 0 Å². The van der Waals surface area contributed by atoms with E-state index in [9.17, 15) is 0 Å². The lowest BCUT2D eigenvalue weighted by molar-refractivity contribution is -0.00592. The van der Waals surface area contributed by atoms with E-state index in [0.717, 1.165) is 6.42 Å². The molecule has 0 bridgehead atoms. The second-order valence-corrected chi connectivity index (χ2v) is 5.54. The van der Waals surface area contributed by atoms with E-state index in [0.29, 0.717) is 19.8 Å². The summed E-state index contributed by atoms with van der Waals surface area (Å²) in [5.74, 6) is 0. The summed E-state index contributed by atoms with van der Waals surface area (Å²) in [6.07, 6.45) is 0.280. The summed E-state index contributed by atoms with van der Waals surface area (Å²) in [5, 5.41) is 0. The van der Waals surface area contributed by atoms with Crippen molar-refractivity contribution in [1.82, 2.24) is 0 Å². The molecule has 1 aliphatic heterocycles. The smallest absolute Gasteiger partial charge is 0.238 e. The first-order chi connectivity index (χ1) is 9.13. The Morgan fingerprint density at radius 1 is 1.37 bits per heavy atom. The third kappa shape index (κ3) is 5.02. The third-order valence-electron chi connectivity index (χ3n) is 2.85. The van der Waals surface area contributed by atoms with Crippen LogP contribution in [0.15, 0.2) is 0 Å². The Bertz CT molecular complexity index is 302. The maximum atomic E-state index is 6.70. The molecule has 0 N–H and O–H groups in total. The summed E-state index contributed by atoms with van der Waals surface area (Å²) in [4.78, 5) is 3.24. The van der Waals surface area contributed by atoms with Gasteiger partial charge in [-0.25, -0.2) is 6.57 Å². The molecule has 1 heterocycles. The maximum absolute atomic E-state index is 6.70. The molecule has 2 radical (unpaired) electrons. The SMILES string of the molecule is [B][C@@H]1O[C@H](CC)[C@H](OP(C)OCC[N+]#[C-])C1OCC. The van der Waals surface area contributed by atoms with Crippen molar-refractivity contribution in [1.29, 1.82) is 0 Å². The van der Waals surface area contributed by atoms with Crippen molar-refractivity contribution in [2.24, 2.45) is 0 Å². The van der Waals surface area contributed by atoms with Gasteiger partial charge in [0.25, 0.3) is 0 Å². The lowest BCUT2D eigenvalue weighted by atomic mass is 9.92. The second-order valence-electron chi connectivity index (χ2n) is 4.19. The molecule has 1 fully saturated rings. The molecule has 1 aliphatic rings. The molecule has 1 saturated heterocycles. The van der Waals surface area contributed by atoms with Crippen molar-refractivity contribution in [3.8, 4) is 0 Å². The molecule has 0 aromatic heterocycles. The van der Waals surface area contributed by atoms with E-state index in [-0.39, 0.29) is 18.3 Å². The van der Waals surface area contributed by atoms with Crippen LogP contribution in [0.1, 0.15) is 20.3 Å². The van der Waals surface area contributed by atoms with Crippen molar-refractivity contribution in [3.63, 3.8) is 0 Å². The van der Waals surface area contributed by atoms with Crippen molar-refractivity contribution < 1.29 is 18.5 Å². The van der Waals surface area contributed by atoms with E-state index in [1.807, 2.05) is 20.5 Å². The molecule has 19 heavy (non-hydrogen) atoms. The summed E-state index contributed by atoms with van der Waals surface area (Å²) in [7, 11) is 4.87. The summed E-state index contributed by atoms with van der Waals surface area (Å²) < 4.78 is 22.6. The average molecular weight is 285 g/mol. The van der Waals surface area contributed by atoms with Crippen LogP contribution in [-0.2, 0) is 18.5 Å². The van der Waals surface area contributed by atoms with Gasteiger partial charge in [-0.1, -0.05) is 6.92 Å². The first kappa shape index (κ1) is 16.9. The normalized spacial score (nSPS) is 32.1. The molecule has 2 unspecified atom stereocenters. The van der Waals surface area contributed by atoms with Gasteiger partial charge in [0.2, 0.25) is 6.54 Å². The van der Waals surface area contributed by atoms with E-state index in [4.69, 9.17) is 32.9 Å². The second kappa shape index (κ2) is 8.89. The molecule has 1 rings (SSSR count). The highest BCUT2D eigenvalue weighted by molar-refractivity contribution is 7.46. The lowest BCUT2D eigenvalue weighted by Crippen LogP contribution is -2.36. The summed E-state index contributed by atoms with van der Waals surface area (Å²) >= 11 is 0. The monoisotopic (exact) mass is 285 g/mol. The van der Waals surface area contributed by atoms with E-state index in [1.54, 1.807) is 0 Å². The lowest BCUT2D eigenvalue weighted by Gasteiger charge is -2.25. The molecule has 0 amide bonds. The number of nitrogens with zero attached hydrogens (tertiary/aromatic N) is 1. The van der Waals surface area contributed by atoms with Crippen LogP contribution >= 0.6 is 8.38 Å². The Hall–Kier alpha value is -0.175. The minimum Gasteiger partial charge on any atom is -0.379 e. The molecule has 5 atom stereocenters. The highest BCUT2D eigenvalue weighted by atomic mass is 31.2. The third-order valence-corrected chi connectivity index (χ3v) is 3.94. The highest BCUT2D eigenvalue weighted by Crippen LogP contribution is 2.40. The Kier molecular flexibility index (Phi) is 7.90. The minimum atomic E-state index is -1.05. The number of hydrogen-bond donors (Lipinski definition) is 0. The molecule has 106 valence electrons. The standard InChI is InChI=1S/C12H21BNO4P/c1-5-9-10(11(15-6-2)12(13)17-9)18-19(4)16-8-7-14-3/h9-12H,5-8H2,1-2,4H3/t9-,10+,11?,12-,19?/m1/s1. The van der Waals surface area contributed by atoms with Crippen molar-refractivity contribution in [2.75, 3.05) is 26.4 Å². The van der Waals surface area contributed by atoms with Gasteiger partial charge in [-0.15, -0.1) is 0 Å². The van der Waals surface area contributed by atoms with Gasteiger partial charge in [0.1, 0.15) is 26.7 Å². The molecular formula is C12H21BNO4P. The fourth-order valence-corrected chi connectivity index (χ4v) is 3.01. The van der Waals surface area contributed by atoms with Gasteiger partial charge < -0.3 is 23.4 Å². The van der Waals surface area contributed by atoms with Gasteiger partial charge in [-0.2, -0.15) is 0 Å². The zero-order valence-electron chi connectivity index (χ0n) is 11.7. The minimum absolute atomic E-state index is 0.0686. The van der Waals surface area contributed by atoms with Crippen molar-refractivity contribution >= 4 is 16.2 Å². The van der Waals surface area contributed by atoms with Crippen LogP contribution in [-0.4, -0.2) is 58.6 Å². The number of hydrogen-bond acceptors (Lipinski definition) is 4. The van der Waals surface area contributed by atoms with Gasteiger partial charge in [-0.3, -0.25) is 0 Å². The Morgan fingerprint density at radius 2 is 2.11 bits per heavy atom. The Balaban J connectivity index is 2.52. The molecule has 0 spiro atoms. The first-order valence-corrected chi connectivity index (χ1v) is 8.15. The number of ether oxygens (including phenoxy) is 2. The van der Waals surface area contributed by atoms with Crippen LogP contribution in [0.2, 0.25) is 0 Å². The predicted molar refractivity (Wildman–Crippen MR) is 75.3 cm³/mol. The van der Waals surface area contributed by atoms with Crippen LogP contribution in [0.3, 0.4) is 0 Å². The van der Waals surface area contributed by atoms with E-state index in [2.05, 4.69) is 4.85 Å². The largest absolute Gasteiger partial charge is 0.379 e. The molecule has 0 aliphatic carbocycles. The quantitative estimate of drug-likeness (QED) is 0.296. The van der Waals surface area contributed by atoms with Gasteiger partial charge in [0.15, 0.2) is 8.38 Å². The molecule has 0 aromatic rings. The molecule has 0 saturated carbocycles. The van der Waals surface area contributed by atoms with Gasteiger partial charge in [0.05, 0.1) is 6.10 Å². The molecule has 7 heteroatoms. The fourth-order valence-electron chi connectivity index (χ4n) is 2.01. The highest BCUT2D eigenvalue weighted by Gasteiger charge is 2.43. The Labute approximate surface area is 118 Å². The van der Waals surface area contributed by atoms with E-state index >= 15 is 0 Å². The van der Waals surface area contributed by atoms with E-state index in [1.165, 1.54) is 0 Å². The van der Waals surface area contributed by atoms with Gasteiger partial charge in [0, 0.05) is 19.3 Å². The zero-order valence-corrected chi connectivity index (χ0v) is 12.6. The predicted octanol–water partition coefficient (Wildman–Crippen LogP) is 1.96. The van der Waals surface area contributed by atoms with Crippen LogP contribution in [0.5, 0.6) is 0 Å². The maximum Gasteiger partial charge on any atom is 0.238 e. The fraction of sp³-hybridized carbons (Fsp3) is 0.917. The summed E-state index contributed by atoms with van der Waals surface area (Å²) in [6, 6.07) is -0.457.